The number of hydrogen-bond donors (Lipinski definition) is 1. The van der Waals surface area contributed by atoms with Crippen LogP contribution in [0.5, 0.6) is 0 Å². The third-order valence-corrected chi connectivity index (χ3v) is 7.53. The lowest BCUT2D eigenvalue weighted by molar-refractivity contribution is -0.121. The molecule has 8 heteroatoms. The topological polar surface area (TPSA) is 84.3 Å². The second kappa shape index (κ2) is 8.86. The first-order valence-corrected chi connectivity index (χ1v) is 12.1. The Bertz CT molecular complexity index is 1230. The van der Waals surface area contributed by atoms with Gasteiger partial charge in [0.25, 0.3) is 5.56 Å². The summed E-state index contributed by atoms with van der Waals surface area (Å²) >= 11 is 1.64. The number of anilines is 1. The molecule has 2 aromatic heterocycles. The zero-order chi connectivity index (χ0) is 22.1. The lowest BCUT2D eigenvalue weighted by Crippen LogP contribution is -2.27. The van der Waals surface area contributed by atoms with Gasteiger partial charge in [-0.3, -0.25) is 19.0 Å². The van der Waals surface area contributed by atoms with Crippen molar-refractivity contribution in [2.75, 3.05) is 11.4 Å². The zero-order valence-corrected chi connectivity index (χ0v) is 18.7. The Labute approximate surface area is 190 Å². The second-order valence-electron chi connectivity index (χ2n) is 8.48. The van der Waals surface area contributed by atoms with E-state index in [0.717, 1.165) is 53.7 Å². The minimum Gasteiger partial charge on any atom is -0.352 e. The highest BCUT2D eigenvalue weighted by Crippen LogP contribution is 2.33. The number of thiophene rings is 1. The summed E-state index contributed by atoms with van der Waals surface area (Å²) in [5.41, 5.74) is 3.01. The molecule has 166 valence electrons. The number of carbonyl (C=O) groups excluding carboxylic acids is 2. The van der Waals surface area contributed by atoms with E-state index in [1.165, 1.54) is 16.9 Å². The van der Waals surface area contributed by atoms with E-state index in [1.807, 2.05) is 24.3 Å². The van der Waals surface area contributed by atoms with Crippen LogP contribution in [0.25, 0.3) is 10.2 Å². The maximum absolute atomic E-state index is 13.0. The Kier molecular flexibility index (Phi) is 5.78. The molecular formula is C24H26N4O3S. The van der Waals surface area contributed by atoms with E-state index in [4.69, 9.17) is 0 Å². The molecule has 1 aromatic carbocycles. The third-order valence-electron chi connectivity index (χ3n) is 6.33. The van der Waals surface area contributed by atoms with Crippen molar-refractivity contribution >= 4 is 39.1 Å². The van der Waals surface area contributed by atoms with Crippen molar-refractivity contribution in [2.45, 2.75) is 58.0 Å². The average molecular weight is 451 g/mol. The van der Waals surface area contributed by atoms with Gasteiger partial charge in [0.05, 0.1) is 11.7 Å². The number of rotatable bonds is 6. The van der Waals surface area contributed by atoms with Crippen LogP contribution >= 0.6 is 11.3 Å². The van der Waals surface area contributed by atoms with E-state index in [9.17, 15) is 14.4 Å². The van der Waals surface area contributed by atoms with Gasteiger partial charge in [-0.1, -0.05) is 12.1 Å². The van der Waals surface area contributed by atoms with Gasteiger partial charge in [-0.15, -0.1) is 11.3 Å². The maximum atomic E-state index is 13.0. The molecule has 1 saturated heterocycles. The van der Waals surface area contributed by atoms with E-state index in [0.29, 0.717) is 19.5 Å². The summed E-state index contributed by atoms with van der Waals surface area (Å²) in [6.07, 6.45) is 7.57. The molecule has 1 aliphatic carbocycles. The molecule has 7 nitrogen and oxygen atoms in total. The van der Waals surface area contributed by atoms with Gasteiger partial charge in [0, 0.05) is 43.0 Å². The molecule has 1 aliphatic heterocycles. The number of nitrogens with zero attached hydrogens (tertiary/aromatic N) is 3. The fourth-order valence-corrected chi connectivity index (χ4v) is 5.79. The van der Waals surface area contributed by atoms with Crippen molar-refractivity contribution in [3.05, 3.63) is 57.0 Å². The molecule has 0 saturated carbocycles. The van der Waals surface area contributed by atoms with Gasteiger partial charge in [-0.2, -0.15) is 0 Å². The number of hydrogen-bond acceptors (Lipinski definition) is 5. The van der Waals surface area contributed by atoms with E-state index < -0.39 is 0 Å². The van der Waals surface area contributed by atoms with Crippen LogP contribution in [0.2, 0.25) is 0 Å². The summed E-state index contributed by atoms with van der Waals surface area (Å²) in [5, 5.41) is 3.67. The molecule has 2 amide bonds. The van der Waals surface area contributed by atoms with Gasteiger partial charge >= 0.3 is 0 Å². The number of carbonyl (C=O) groups is 2. The molecule has 0 radical (unpaired) electrons. The molecule has 3 aromatic rings. The average Bonchev–Trinajstić information content (AvgIpc) is 3.41. The first-order chi connectivity index (χ1) is 15.6. The summed E-state index contributed by atoms with van der Waals surface area (Å²) in [6.45, 7) is 1.49. The number of nitrogens with one attached hydrogen (secondary N) is 1. The fourth-order valence-electron chi connectivity index (χ4n) is 4.57. The summed E-state index contributed by atoms with van der Waals surface area (Å²) in [5.74, 6) is 0.0556. The number of fused-ring (bicyclic) bond motifs is 3. The SMILES string of the molecule is O=C(CCn1cnc2sc3c(c2c1=O)CCCC3)NCc1ccc(N2CCCC2=O)cc1. The number of aryl methyl sites for hydroxylation is 3. The van der Waals surface area contributed by atoms with Crippen LogP contribution in [0, 0.1) is 0 Å². The summed E-state index contributed by atoms with van der Waals surface area (Å²) in [4.78, 5) is 45.6. The molecule has 0 spiro atoms. The minimum absolute atomic E-state index is 0.0331. The third kappa shape index (κ3) is 4.07. The Balaban J connectivity index is 1.18. The highest BCUT2D eigenvalue weighted by Gasteiger charge is 2.22. The molecular weight excluding hydrogens is 424 g/mol. The Morgan fingerprint density at radius 2 is 1.88 bits per heavy atom. The first kappa shape index (κ1) is 20.9. The van der Waals surface area contributed by atoms with Gasteiger partial charge in [-0.25, -0.2) is 4.98 Å². The minimum atomic E-state index is -0.108. The smallest absolute Gasteiger partial charge is 0.262 e. The standard InChI is InChI=1S/C24H26N4O3S/c29-20(25-14-16-7-9-17(10-8-16)28-12-3-6-21(28)30)11-13-27-15-26-23-22(24(27)31)18-4-1-2-5-19(18)32-23/h7-10,15H,1-6,11-14H2,(H,25,29). The van der Waals surface area contributed by atoms with Crippen LogP contribution in [0.15, 0.2) is 35.4 Å². The largest absolute Gasteiger partial charge is 0.352 e. The Morgan fingerprint density at radius 3 is 2.66 bits per heavy atom. The van der Waals surface area contributed by atoms with Crippen LogP contribution in [0.3, 0.4) is 0 Å². The van der Waals surface area contributed by atoms with Crippen molar-refractivity contribution in [3.8, 4) is 0 Å². The molecule has 3 heterocycles. The van der Waals surface area contributed by atoms with Crippen molar-refractivity contribution in [1.29, 1.82) is 0 Å². The predicted molar refractivity (Wildman–Crippen MR) is 125 cm³/mol. The first-order valence-electron chi connectivity index (χ1n) is 11.3. The van der Waals surface area contributed by atoms with Crippen molar-refractivity contribution in [2.24, 2.45) is 0 Å². The van der Waals surface area contributed by atoms with Crippen LogP contribution < -0.4 is 15.8 Å². The van der Waals surface area contributed by atoms with Gasteiger partial charge in [0.1, 0.15) is 4.83 Å². The van der Waals surface area contributed by atoms with Gasteiger partial charge < -0.3 is 10.2 Å². The van der Waals surface area contributed by atoms with E-state index >= 15 is 0 Å². The van der Waals surface area contributed by atoms with Crippen molar-refractivity contribution in [1.82, 2.24) is 14.9 Å². The molecule has 32 heavy (non-hydrogen) atoms. The lowest BCUT2D eigenvalue weighted by Gasteiger charge is -2.16. The van der Waals surface area contributed by atoms with Crippen LogP contribution in [-0.2, 0) is 35.5 Å². The quantitative estimate of drug-likeness (QED) is 0.625. The highest BCUT2D eigenvalue weighted by atomic mass is 32.1. The number of amides is 2. The van der Waals surface area contributed by atoms with E-state index in [-0.39, 0.29) is 23.8 Å². The van der Waals surface area contributed by atoms with Gasteiger partial charge in [0.2, 0.25) is 11.8 Å². The fraction of sp³-hybridized carbons (Fsp3) is 0.417. The molecule has 0 bridgehead atoms. The monoisotopic (exact) mass is 450 g/mol. The summed E-state index contributed by atoms with van der Waals surface area (Å²) in [7, 11) is 0. The van der Waals surface area contributed by atoms with Crippen LogP contribution in [0.4, 0.5) is 5.69 Å². The predicted octanol–water partition coefficient (Wildman–Crippen LogP) is 3.17. The van der Waals surface area contributed by atoms with E-state index in [2.05, 4.69) is 10.3 Å². The summed E-state index contributed by atoms with van der Waals surface area (Å²) < 4.78 is 1.56. The van der Waals surface area contributed by atoms with Crippen molar-refractivity contribution in [3.63, 3.8) is 0 Å². The van der Waals surface area contributed by atoms with Crippen molar-refractivity contribution < 1.29 is 9.59 Å². The van der Waals surface area contributed by atoms with Crippen LogP contribution in [0.1, 0.15) is 48.1 Å². The normalized spacial score (nSPS) is 15.9. The Hall–Kier alpha value is -3.00. The molecule has 1 fully saturated rings. The zero-order valence-electron chi connectivity index (χ0n) is 17.9. The Morgan fingerprint density at radius 1 is 1.06 bits per heavy atom. The highest BCUT2D eigenvalue weighted by molar-refractivity contribution is 7.18. The second-order valence-corrected chi connectivity index (χ2v) is 9.56. The maximum Gasteiger partial charge on any atom is 0.262 e. The number of aromatic nitrogens is 2. The molecule has 5 rings (SSSR count). The molecule has 0 unspecified atom stereocenters. The molecule has 2 aliphatic rings. The van der Waals surface area contributed by atoms with Crippen LogP contribution in [-0.4, -0.2) is 27.9 Å². The molecule has 0 atom stereocenters. The molecule has 1 N–H and O–H groups in total. The lowest BCUT2D eigenvalue weighted by atomic mass is 9.97. The van der Waals surface area contributed by atoms with E-state index in [1.54, 1.807) is 27.1 Å². The number of benzene rings is 1. The summed E-state index contributed by atoms with van der Waals surface area (Å²) in [6, 6.07) is 7.71. The van der Waals surface area contributed by atoms with Gasteiger partial charge in [0.15, 0.2) is 0 Å². The van der Waals surface area contributed by atoms with Gasteiger partial charge in [-0.05, 0) is 55.4 Å².